The highest BCUT2D eigenvalue weighted by Gasteiger charge is 2.12. The zero-order chi connectivity index (χ0) is 16.4. The van der Waals surface area contributed by atoms with Crippen molar-refractivity contribution in [1.82, 2.24) is 34.7 Å². The molecule has 0 aliphatic carbocycles. The van der Waals surface area contributed by atoms with Gasteiger partial charge in [0.2, 0.25) is 0 Å². The lowest BCUT2D eigenvalue weighted by molar-refractivity contribution is 0.786. The van der Waals surface area contributed by atoms with E-state index in [1.807, 2.05) is 25.4 Å². The van der Waals surface area contributed by atoms with Crippen molar-refractivity contribution in [2.75, 3.05) is 11.9 Å². The number of aromatic nitrogens is 7. The Hall–Kier alpha value is -3.29. The van der Waals surface area contributed by atoms with Crippen molar-refractivity contribution < 1.29 is 0 Å². The number of hydrogen-bond donors (Lipinski definition) is 2. The average molecular weight is 320 g/mol. The quantitative estimate of drug-likeness (QED) is 0.582. The molecule has 0 saturated heterocycles. The van der Waals surface area contributed by atoms with Crippen LogP contribution in [0, 0.1) is 0 Å². The van der Waals surface area contributed by atoms with Crippen molar-refractivity contribution in [3.05, 3.63) is 48.9 Å². The van der Waals surface area contributed by atoms with Gasteiger partial charge >= 0.3 is 0 Å². The predicted octanol–water partition coefficient (Wildman–Crippen LogP) is 1.80. The van der Waals surface area contributed by atoms with Crippen molar-refractivity contribution in [1.29, 1.82) is 0 Å². The summed E-state index contributed by atoms with van der Waals surface area (Å²) in [6.45, 7) is 0.735. The third-order valence-electron chi connectivity index (χ3n) is 3.77. The fraction of sp³-hybridized carbons (Fsp3) is 0.188. The van der Waals surface area contributed by atoms with Gasteiger partial charge in [0.05, 0.1) is 17.9 Å². The maximum Gasteiger partial charge on any atom is 0.164 e. The van der Waals surface area contributed by atoms with Crippen LogP contribution < -0.4 is 5.32 Å². The lowest BCUT2D eigenvalue weighted by Crippen LogP contribution is -2.08. The van der Waals surface area contributed by atoms with E-state index in [-0.39, 0.29) is 0 Å². The summed E-state index contributed by atoms with van der Waals surface area (Å²) < 4.78 is 1.75. The van der Waals surface area contributed by atoms with E-state index in [4.69, 9.17) is 0 Å². The topological polar surface area (TPSA) is 97.2 Å². The van der Waals surface area contributed by atoms with Crippen molar-refractivity contribution in [2.45, 2.75) is 6.42 Å². The first-order valence-corrected chi connectivity index (χ1v) is 7.62. The molecular formula is C16H16N8. The summed E-state index contributed by atoms with van der Waals surface area (Å²) >= 11 is 0. The van der Waals surface area contributed by atoms with Gasteiger partial charge in [-0.25, -0.2) is 15.0 Å². The number of pyridine rings is 1. The van der Waals surface area contributed by atoms with Crippen molar-refractivity contribution in [3.63, 3.8) is 0 Å². The number of rotatable bonds is 5. The van der Waals surface area contributed by atoms with E-state index >= 15 is 0 Å². The molecule has 0 bridgehead atoms. The molecule has 4 heterocycles. The van der Waals surface area contributed by atoms with E-state index < -0.39 is 0 Å². The molecule has 4 rings (SSSR count). The maximum absolute atomic E-state index is 4.67. The van der Waals surface area contributed by atoms with Crippen LogP contribution in [0.1, 0.15) is 5.69 Å². The van der Waals surface area contributed by atoms with Gasteiger partial charge in [-0.3, -0.25) is 9.67 Å². The number of aromatic amines is 1. The predicted molar refractivity (Wildman–Crippen MR) is 90.3 cm³/mol. The number of H-pyrrole nitrogens is 1. The van der Waals surface area contributed by atoms with E-state index in [2.05, 4.69) is 35.3 Å². The van der Waals surface area contributed by atoms with E-state index in [1.54, 1.807) is 29.6 Å². The number of anilines is 1. The van der Waals surface area contributed by atoms with Gasteiger partial charge in [-0.05, 0) is 12.1 Å². The van der Waals surface area contributed by atoms with Crippen molar-refractivity contribution in [2.24, 2.45) is 7.05 Å². The standard InChI is InChI=1S/C16H16N8/c1-24-16-13(9-21-24)15(19-7-4-12-8-18-10-20-12)22-14(23-16)11-2-5-17-6-3-11/h2-3,5-6,8-10H,4,7H2,1H3,(H,18,20)(H,19,22,23). The fourth-order valence-corrected chi connectivity index (χ4v) is 2.52. The number of aryl methyl sites for hydroxylation is 1. The molecular weight excluding hydrogens is 304 g/mol. The molecule has 4 aromatic rings. The summed E-state index contributed by atoms with van der Waals surface area (Å²) in [7, 11) is 1.88. The summed E-state index contributed by atoms with van der Waals surface area (Å²) in [6.07, 6.45) is 9.58. The van der Waals surface area contributed by atoms with Gasteiger partial charge in [-0.15, -0.1) is 0 Å². The molecule has 4 aromatic heterocycles. The lowest BCUT2D eigenvalue weighted by Gasteiger charge is -2.08. The van der Waals surface area contributed by atoms with Crippen LogP contribution in [0.15, 0.2) is 43.2 Å². The molecule has 120 valence electrons. The van der Waals surface area contributed by atoms with Gasteiger partial charge < -0.3 is 10.3 Å². The molecule has 0 fully saturated rings. The van der Waals surface area contributed by atoms with Crippen LogP contribution >= 0.6 is 0 Å². The normalized spacial score (nSPS) is 11.0. The largest absolute Gasteiger partial charge is 0.369 e. The minimum absolute atomic E-state index is 0.651. The smallest absolute Gasteiger partial charge is 0.164 e. The van der Waals surface area contributed by atoms with E-state index in [1.165, 1.54) is 0 Å². The third kappa shape index (κ3) is 2.69. The average Bonchev–Trinajstić information content (AvgIpc) is 3.26. The van der Waals surface area contributed by atoms with Gasteiger partial charge in [0.15, 0.2) is 11.5 Å². The maximum atomic E-state index is 4.67. The first kappa shape index (κ1) is 14.3. The Bertz CT molecular complexity index is 943. The second kappa shape index (κ2) is 6.07. The Morgan fingerprint density at radius 3 is 2.79 bits per heavy atom. The van der Waals surface area contributed by atoms with Crippen molar-refractivity contribution >= 4 is 16.9 Å². The third-order valence-corrected chi connectivity index (χ3v) is 3.77. The van der Waals surface area contributed by atoms with Crippen LogP contribution in [0.5, 0.6) is 0 Å². The number of nitrogens with zero attached hydrogens (tertiary/aromatic N) is 6. The van der Waals surface area contributed by atoms with E-state index in [9.17, 15) is 0 Å². The Morgan fingerprint density at radius 2 is 2.00 bits per heavy atom. The van der Waals surface area contributed by atoms with Crippen LogP contribution in [0.2, 0.25) is 0 Å². The lowest BCUT2D eigenvalue weighted by atomic mass is 10.2. The Morgan fingerprint density at radius 1 is 1.12 bits per heavy atom. The first-order chi connectivity index (χ1) is 11.8. The van der Waals surface area contributed by atoms with Crippen LogP contribution in [0.3, 0.4) is 0 Å². The van der Waals surface area contributed by atoms with E-state index in [0.29, 0.717) is 5.82 Å². The van der Waals surface area contributed by atoms with Crippen LogP contribution in [-0.2, 0) is 13.5 Å². The van der Waals surface area contributed by atoms with Crippen LogP contribution in [0.4, 0.5) is 5.82 Å². The molecule has 0 aromatic carbocycles. The Balaban J connectivity index is 1.67. The summed E-state index contributed by atoms with van der Waals surface area (Å²) in [6, 6.07) is 3.79. The summed E-state index contributed by atoms with van der Waals surface area (Å²) in [4.78, 5) is 20.5. The highest BCUT2D eigenvalue weighted by atomic mass is 15.3. The Labute approximate surface area is 138 Å². The molecule has 2 N–H and O–H groups in total. The zero-order valence-corrected chi connectivity index (χ0v) is 13.1. The highest BCUT2D eigenvalue weighted by molar-refractivity contribution is 5.88. The summed E-state index contributed by atoms with van der Waals surface area (Å²) in [5, 5.41) is 8.58. The SMILES string of the molecule is Cn1ncc2c(NCCc3cnc[nH]3)nc(-c3ccncc3)nc21. The van der Waals surface area contributed by atoms with Crippen LogP contribution in [0.25, 0.3) is 22.4 Å². The van der Waals surface area contributed by atoms with Gasteiger partial charge in [0.1, 0.15) is 5.82 Å². The molecule has 0 spiro atoms. The molecule has 0 saturated carbocycles. The first-order valence-electron chi connectivity index (χ1n) is 7.62. The van der Waals surface area contributed by atoms with Gasteiger partial charge in [0, 0.05) is 49.9 Å². The molecule has 0 aliphatic rings. The second-order valence-electron chi connectivity index (χ2n) is 5.39. The van der Waals surface area contributed by atoms with E-state index in [0.717, 1.165) is 41.1 Å². The summed E-state index contributed by atoms with van der Waals surface area (Å²) in [5.74, 6) is 1.43. The number of fused-ring (bicyclic) bond motifs is 1. The van der Waals surface area contributed by atoms with Crippen LogP contribution in [-0.4, -0.2) is 41.2 Å². The summed E-state index contributed by atoms with van der Waals surface area (Å²) in [5.41, 5.74) is 2.79. The molecule has 0 atom stereocenters. The second-order valence-corrected chi connectivity index (χ2v) is 5.39. The van der Waals surface area contributed by atoms with Gasteiger partial charge in [-0.2, -0.15) is 5.10 Å². The molecule has 0 aliphatic heterocycles. The minimum Gasteiger partial charge on any atom is -0.369 e. The molecule has 0 amide bonds. The molecule has 8 nitrogen and oxygen atoms in total. The minimum atomic E-state index is 0.651. The zero-order valence-electron chi connectivity index (χ0n) is 13.1. The molecule has 0 radical (unpaired) electrons. The fourth-order valence-electron chi connectivity index (χ4n) is 2.52. The number of hydrogen-bond acceptors (Lipinski definition) is 6. The van der Waals surface area contributed by atoms with Gasteiger partial charge in [-0.1, -0.05) is 0 Å². The van der Waals surface area contributed by atoms with Gasteiger partial charge in [0.25, 0.3) is 0 Å². The molecule has 0 unspecified atom stereocenters. The molecule has 24 heavy (non-hydrogen) atoms. The van der Waals surface area contributed by atoms with Crippen molar-refractivity contribution in [3.8, 4) is 11.4 Å². The number of nitrogens with one attached hydrogen (secondary N) is 2. The highest BCUT2D eigenvalue weighted by Crippen LogP contribution is 2.24. The monoisotopic (exact) mass is 320 g/mol. The number of imidazole rings is 1. The molecule has 8 heteroatoms. The Kier molecular flexibility index (Phi) is 3.62.